The van der Waals surface area contributed by atoms with E-state index in [-0.39, 0.29) is 18.0 Å². The maximum absolute atomic E-state index is 13.3. The minimum atomic E-state index is -0.291. The molecule has 0 aromatic heterocycles. The smallest absolute Gasteiger partial charge is 0.129 e. The standard InChI is InChI=1S/C17H18FNO2/c1-2-20-15-6-4-3-5-12(15)17-10-14(19)13-9-11(18)7-8-16(13)21-17/h3-9,14,17H,2,10,19H2,1H3. The van der Waals surface area contributed by atoms with Crippen molar-refractivity contribution < 1.29 is 13.9 Å². The van der Waals surface area contributed by atoms with Crippen LogP contribution >= 0.6 is 0 Å². The van der Waals surface area contributed by atoms with Gasteiger partial charge in [-0.1, -0.05) is 18.2 Å². The Kier molecular flexibility index (Phi) is 3.80. The van der Waals surface area contributed by atoms with Crippen LogP contribution in [0.25, 0.3) is 0 Å². The van der Waals surface area contributed by atoms with Gasteiger partial charge in [-0.3, -0.25) is 0 Å². The molecule has 2 atom stereocenters. The fourth-order valence-electron chi connectivity index (χ4n) is 2.70. The van der Waals surface area contributed by atoms with Crippen LogP contribution in [0.3, 0.4) is 0 Å². The first-order valence-corrected chi connectivity index (χ1v) is 7.12. The highest BCUT2D eigenvalue weighted by Gasteiger charge is 2.29. The van der Waals surface area contributed by atoms with Gasteiger partial charge in [-0.15, -0.1) is 0 Å². The largest absolute Gasteiger partial charge is 0.493 e. The molecule has 3 rings (SSSR count). The molecule has 0 amide bonds. The molecular weight excluding hydrogens is 269 g/mol. The van der Waals surface area contributed by atoms with Crippen molar-refractivity contribution in [1.82, 2.24) is 0 Å². The van der Waals surface area contributed by atoms with E-state index >= 15 is 0 Å². The van der Waals surface area contributed by atoms with E-state index in [9.17, 15) is 4.39 Å². The first-order valence-electron chi connectivity index (χ1n) is 7.12. The zero-order valence-corrected chi connectivity index (χ0v) is 11.9. The Bertz CT molecular complexity index is 644. The van der Waals surface area contributed by atoms with E-state index in [2.05, 4.69) is 0 Å². The molecule has 21 heavy (non-hydrogen) atoms. The second kappa shape index (κ2) is 5.74. The fourth-order valence-corrected chi connectivity index (χ4v) is 2.70. The van der Waals surface area contributed by atoms with Crippen molar-refractivity contribution in [2.75, 3.05) is 6.61 Å². The zero-order chi connectivity index (χ0) is 14.8. The molecule has 2 aromatic rings. The first-order chi connectivity index (χ1) is 10.2. The molecule has 2 N–H and O–H groups in total. The van der Waals surface area contributed by atoms with Crippen LogP contribution < -0.4 is 15.2 Å². The van der Waals surface area contributed by atoms with Gasteiger partial charge in [0.25, 0.3) is 0 Å². The Hall–Kier alpha value is -2.07. The molecule has 110 valence electrons. The summed E-state index contributed by atoms with van der Waals surface area (Å²) in [6, 6.07) is 12.0. The van der Waals surface area contributed by atoms with Gasteiger partial charge in [0.05, 0.1) is 6.61 Å². The average molecular weight is 287 g/mol. The van der Waals surface area contributed by atoms with Crippen LogP contribution in [0, 0.1) is 5.82 Å². The molecule has 0 saturated heterocycles. The molecule has 0 aliphatic carbocycles. The van der Waals surface area contributed by atoms with Gasteiger partial charge in [0.2, 0.25) is 0 Å². The highest BCUT2D eigenvalue weighted by atomic mass is 19.1. The number of ether oxygens (including phenoxy) is 2. The highest BCUT2D eigenvalue weighted by Crippen LogP contribution is 2.42. The van der Waals surface area contributed by atoms with Crippen LogP contribution in [0.15, 0.2) is 42.5 Å². The molecule has 1 aliphatic rings. The number of halogens is 1. The molecule has 4 heteroatoms. The topological polar surface area (TPSA) is 44.5 Å². The van der Waals surface area contributed by atoms with Crippen LogP contribution in [0.2, 0.25) is 0 Å². The van der Waals surface area contributed by atoms with Crippen molar-refractivity contribution in [3.8, 4) is 11.5 Å². The lowest BCUT2D eigenvalue weighted by Crippen LogP contribution is -2.24. The molecule has 2 unspecified atom stereocenters. The summed E-state index contributed by atoms with van der Waals surface area (Å²) in [7, 11) is 0. The Morgan fingerprint density at radius 3 is 2.86 bits per heavy atom. The Morgan fingerprint density at radius 1 is 1.24 bits per heavy atom. The van der Waals surface area contributed by atoms with Gasteiger partial charge in [0.15, 0.2) is 0 Å². The van der Waals surface area contributed by atoms with Crippen LogP contribution in [0.1, 0.15) is 36.6 Å². The molecule has 0 fully saturated rings. The first kappa shape index (κ1) is 13.9. The molecule has 1 aliphatic heterocycles. The number of nitrogens with two attached hydrogens (primary N) is 1. The summed E-state index contributed by atoms with van der Waals surface area (Å²) in [6.07, 6.45) is 0.418. The molecule has 3 nitrogen and oxygen atoms in total. The van der Waals surface area contributed by atoms with E-state index in [1.165, 1.54) is 12.1 Å². The molecule has 0 spiro atoms. The van der Waals surface area contributed by atoms with Crippen molar-refractivity contribution >= 4 is 0 Å². The molecule has 2 aromatic carbocycles. The molecule has 1 heterocycles. The molecular formula is C17H18FNO2. The number of rotatable bonds is 3. The SMILES string of the molecule is CCOc1ccccc1C1CC(N)c2cc(F)ccc2O1. The van der Waals surface area contributed by atoms with Crippen molar-refractivity contribution in [2.45, 2.75) is 25.5 Å². The Balaban J connectivity index is 1.94. The van der Waals surface area contributed by atoms with Crippen molar-refractivity contribution in [3.63, 3.8) is 0 Å². The molecule has 0 radical (unpaired) electrons. The van der Waals surface area contributed by atoms with E-state index in [1.807, 2.05) is 31.2 Å². The minimum Gasteiger partial charge on any atom is -0.493 e. The summed E-state index contributed by atoms with van der Waals surface area (Å²) in [5, 5.41) is 0. The maximum Gasteiger partial charge on any atom is 0.129 e. The van der Waals surface area contributed by atoms with Crippen molar-refractivity contribution in [2.24, 2.45) is 5.73 Å². The lowest BCUT2D eigenvalue weighted by atomic mass is 9.93. The number of benzene rings is 2. The Morgan fingerprint density at radius 2 is 2.05 bits per heavy atom. The van der Waals surface area contributed by atoms with Crippen molar-refractivity contribution in [1.29, 1.82) is 0 Å². The van der Waals surface area contributed by atoms with Gasteiger partial charge >= 0.3 is 0 Å². The summed E-state index contributed by atoms with van der Waals surface area (Å²) in [4.78, 5) is 0. The summed E-state index contributed by atoms with van der Waals surface area (Å²) in [5.41, 5.74) is 7.88. The van der Waals surface area contributed by atoms with Gasteiger partial charge in [0, 0.05) is 23.6 Å². The highest BCUT2D eigenvalue weighted by molar-refractivity contribution is 5.42. The maximum atomic E-state index is 13.3. The number of hydrogen-bond acceptors (Lipinski definition) is 3. The Labute approximate surface area is 123 Å². The monoisotopic (exact) mass is 287 g/mol. The number of hydrogen-bond donors (Lipinski definition) is 1. The predicted octanol–water partition coefficient (Wildman–Crippen LogP) is 3.75. The molecule has 0 saturated carbocycles. The summed E-state index contributed by atoms with van der Waals surface area (Å²) < 4.78 is 25.0. The third kappa shape index (κ3) is 2.72. The minimum absolute atomic E-state index is 0.180. The average Bonchev–Trinajstić information content (AvgIpc) is 2.49. The van der Waals surface area contributed by atoms with Gasteiger partial charge in [-0.2, -0.15) is 0 Å². The predicted molar refractivity (Wildman–Crippen MR) is 78.9 cm³/mol. The van der Waals surface area contributed by atoms with Gasteiger partial charge in [0.1, 0.15) is 23.4 Å². The number of para-hydroxylation sites is 1. The van der Waals surface area contributed by atoms with E-state index in [1.54, 1.807) is 6.07 Å². The van der Waals surface area contributed by atoms with Crippen LogP contribution in [0.4, 0.5) is 4.39 Å². The third-order valence-corrected chi connectivity index (χ3v) is 3.67. The van der Waals surface area contributed by atoms with E-state index in [0.717, 1.165) is 16.9 Å². The number of fused-ring (bicyclic) bond motifs is 1. The zero-order valence-electron chi connectivity index (χ0n) is 11.9. The summed E-state index contributed by atoms with van der Waals surface area (Å²) in [5.74, 6) is 1.16. The van der Waals surface area contributed by atoms with Crippen LogP contribution in [0.5, 0.6) is 11.5 Å². The molecule has 0 bridgehead atoms. The summed E-state index contributed by atoms with van der Waals surface area (Å²) >= 11 is 0. The van der Waals surface area contributed by atoms with E-state index in [0.29, 0.717) is 18.8 Å². The van der Waals surface area contributed by atoms with Crippen molar-refractivity contribution in [3.05, 3.63) is 59.4 Å². The normalized spacial score (nSPS) is 20.5. The van der Waals surface area contributed by atoms with Crippen LogP contribution in [-0.4, -0.2) is 6.61 Å². The second-order valence-electron chi connectivity index (χ2n) is 5.10. The van der Waals surface area contributed by atoms with Gasteiger partial charge in [-0.25, -0.2) is 4.39 Å². The van der Waals surface area contributed by atoms with E-state index in [4.69, 9.17) is 15.2 Å². The lowest BCUT2D eigenvalue weighted by Gasteiger charge is -2.31. The van der Waals surface area contributed by atoms with E-state index < -0.39 is 0 Å². The van der Waals surface area contributed by atoms with Gasteiger partial charge < -0.3 is 15.2 Å². The summed E-state index contributed by atoms with van der Waals surface area (Å²) in [6.45, 7) is 2.54. The fraction of sp³-hybridized carbons (Fsp3) is 0.294. The quantitative estimate of drug-likeness (QED) is 0.935. The van der Waals surface area contributed by atoms with Crippen LogP contribution in [-0.2, 0) is 0 Å². The third-order valence-electron chi connectivity index (χ3n) is 3.67. The second-order valence-corrected chi connectivity index (χ2v) is 5.10. The van der Waals surface area contributed by atoms with Gasteiger partial charge in [-0.05, 0) is 31.2 Å². The lowest BCUT2D eigenvalue weighted by molar-refractivity contribution is 0.156.